The van der Waals surface area contributed by atoms with Crippen molar-refractivity contribution in [2.75, 3.05) is 0 Å². The lowest BCUT2D eigenvalue weighted by Crippen LogP contribution is -2.54. The van der Waals surface area contributed by atoms with E-state index in [4.69, 9.17) is 0 Å². The fourth-order valence-corrected chi connectivity index (χ4v) is 3.24. The van der Waals surface area contributed by atoms with Gasteiger partial charge in [0.2, 0.25) is 0 Å². The first-order chi connectivity index (χ1) is 8.81. The van der Waals surface area contributed by atoms with Crippen LogP contribution in [-0.4, -0.2) is 24.0 Å². The number of carbonyl (C=O) groups is 1. The zero-order valence-corrected chi connectivity index (χ0v) is 10.6. The third-order valence-electron chi connectivity index (χ3n) is 4.09. The van der Waals surface area contributed by atoms with Gasteiger partial charge in [-0.05, 0) is 37.8 Å². The smallest absolute Gasteiger partial charge is 0.251 e. The normalized spacial score (nSPS) is 30.8. The average Bonchev–Trinajstić information content (AvgIpc) is 2.39. The van der Waals surface area contributed by atoms with Crippen molar-refractivity contribution in [2.24, 2.45) is 0 Å². The monoisotopic (exact) mass is 244 g/mol. The van der Waals surface area contributed by atoms with Gasteiger partial charge in [0, 0.05) is 23.7 Å². The van der Waals surface area contributed by atoms with Crippen LogP contribution in [0.25, 0.3) is 0 Å². The number of hydrogen-bond donors (Lipinski definition) is 2. The number of piperidine rings is 2. The van der Waals surface area contributed by atoms with Gasteiger partial charge in [0.05, 0.1) is 0 Å². The van der Waals surface area contributed by atoms with Gasteiger partial charge in [-0.15, -0.1) is 0 Å². The van der Waals surface area contributed by atoms with Gasteiger partial charge in [0.15, 0.2) is 0 Å². The van der Waals surface area contributed by atoms with E-state index in [1.807, 2.05) is 30.3 Å². The van der Waals surface area contributed by atoms with Crippen molar-refractivity contribution in [3.8, 4) is 0 Å². The van der Waals surface area contributed by atoms with E-state index in [2.05, 4.69) is 10.6 Å². The summed E-state index contributed by atoms with van der Waals surface area (Å²) < 4.78 is 0. The summed E-state index contributed by atoms with van der Waals surface area (Å²) in [4.78, 5) is 12.1. The Bertz CT molecular complexity index is 406. The largest absolute Gasteiger partial charge is 0.349 e. The van der Waals surface area contributed by atoms with E-state index >= 15 is 0 Å². The Morgan fingerprint density at radius 3 is 2.44 bits per heavy atom. The van der Waals surface area contributed by atoms with Crippen molar-refractivity contribution >= 4 is 5.91 Å². The number of carbonyl (C=O) groups excluding carboxylic acids is 1. The minimum Gasteiger partial charge on any atom is -0.349 e. The van der Waals surface area contributed by atoms with Crippen LogP contribution < -0.4 is 10.6 Å². The molecule has 96 valence electrons. The summed E-state index contributed by atoms with van der Waals surface area (Å²) in [5.74, 6) is 0.0700. The first-order valence-corrected chi connectivity index (χ1v) is 6.93. The first-order valence-electron chi connectivity index (χ1n) is 6.93. The van der Waals surface area contributed by atoms with Crippen LogP contribution in [0.1, 0.15) is 42.5 Å². The molecule has 0 unspecified atom stereocenters. The lowest BCUT2D eigenvalue weighted by molar-refractivity contribution is 0.0907. The number of nitrogens with one attached hydrogen (secondary N) is 2. The highest BCUT2D eigenvalue weighted by atomic mass is 16.1. The van der Waals surface area contributed by atoms with Crippen molar-refractivity contribution in [2.45, 2.75) is 50.2 Å². The van der Waals surface area contributed by atoms with E-state index in [9.17, 15) is 4.79 Å². The number of hydrogen-bond acceptors (Lipinski definition) is 2. The van der Waals surface area contributed by atoms with Crippen LogP contribution in [0.4, 0.5) is 0 Å². The fourth-order valence-electron chi connectivity index (χ4n) is 3.24. The summed E-state index contributed by atoms with van der Waals surface area (Å²) in [5, 5.41) is 6.83. The van der Waals surface area contributed by atoms with E-state index in [0.717, 1.165) is 18.4 Å². The third kappa shape index (κ3) is 2.56. The van der Waals surface area contributed by atoms with E-state index in [1.165, 1.54) is 19.3 Å². The van der Waals surface area contributed by atoms with E-state index in [1.54, 1.807) is 0 Å². The van der Waals surface area contributed by atoms with Gasteiger partial charge in [-0.1, -0.05) is 24.6 Å². The van der Waals surface area contributed by atoms with Gasteiger partial charge >= 0.3 is 0 Å². The maximum atomic E-state index is 12.1. The Balaban J connectivity index is 1.61. The van der Waals surface area contributed by atoms with Crippen LogP contribution in [0.15, 0.2) is 30.3 Å². The predicted molar refractivity (Wildman–Crippen MR) is 71.5 cm³/mol. The van der Waals surface area contributed by atoms with Crippen molar-refractivity contribution in [1.82, 2.24) is 10.6 Å². The molecule has 3 heteroatoms. The summed E-state index contributed by atoms with van der Waals surface area (Å²) in [7, 11) is 0. The molecule has 2 N–H and O–H groups in total. The molecule has 1 amide bonds. The van der Waals surface area contributed by atoms with Crippen molar-refractivity contribution in [3.05, 3.63) is 35.9 Å². The molecular formula is C15H20N2O. The van der Waals surface area contributed by atoms with Crippen molar-refractivity contribution in [1.29, 1.82) is 0 Å². The number of benzene rings is 1. The van der Waals surface area contributed by atoms with Gasteiger partial charge in [-0.2, -0.15) is 0 Å². The zero-order chi connectivity index (χ0) is 12.4. The number of rotatable bonds is 2. The topological polar surface area (TPSA) is 41.1 Å². The van der Waals surface area contributed by atoms with Crippen LogP contribution in [0.2, 0.25) is 0 Å². The molecule has 3 nitrogen and oxygen atoms in total. The molecule has 0 saturated carbocycles. The predicted octanol–water partition coefficient (Wildman–Crippen LogP) is 2.09. The Labute approximate surface area is 108 Å². The Hall–Kier alpha value is -1.35. The molecule has 18 heavy (non-hydrogen) atoms. The van der Waals surface area contributed by atoms with Crippen LogP contribution in [-0.2, 0) is 0 Å². The molecule has 2 heterocycles. The summed E-state index contributed by atoms with van der Waals surface area (Å²) in [6, 6.07) is 11.1. The molecule has 2 aliphatic heterocycles. The summed E-state index contributed by atoms with van der Waals surface area (Å²) >= 11 is 0. The first kappa shape index (κ1) is 11.7. The Morgan fingerprint density at radius 1 is 1.11 bits per heavy atom. The molecule has 1 aromatic rings. The Kier molecular flexibility index (Phi) is 3.33. The number of amides is 1. The fraction of sp³-hybridized carbons (Fsp3) is 0.533. The minimum atomic E-state index is 0.0700. The Morgan fingerprint density at radius 2 is 1.78 bits per heavy atom. The molecule has 0 aromatic heterocycles. The van der Waals surface area contributed by atoms with Crippen LogP contribution in [0, 0.1) is 0 Å². The highest BCUT2D eigenvalue weighted by Gasteiger charge is 2.31. The molecular weight excluding hydrogens is 224 g/mol. The van der Waals surface area contributed by atoms with Gasteiger partial charge < -0.3 is 10.6 Å². The molecule has 2 fully saturated rings. The molecule has 2 aliphatic rings. The lowest BCUT2D eigenvalue weighted by atomic mass is 9.84. The van der Waals surface area contributed by atoms with Gasteiger partial charge in [0.25, 0.3) is 5.91 Å². The summed E-state index contributed by atoms with van der Waals surface area (Å²) in [5.41, 5.74) is 0.765. The van der Waals surface area contributed by atoms with E-state index in [-0.39, 0.29) is 5.91 Å². The maximum absolute atomic E-state index is 12.1. The van der Waals surface area contributed by atoms with Crippen molar-refractivity contribution in [3.63, 3.8) is 0 Å². The molecule has 0 spiro atoms. The van der Waals surface area contributed by atoms with Gasteiger partial charge in [-0.25, -0.2) is 0 Å². The SMILES string of the molecule is O=C(NC1C[C@@H]2CCC[C@@H](C1)N2)c1ccccc1. The third-order valence-corrected chi connectivity index (χ3v) is 4.09. The quantitative estimate of drug-likeness (QED) is 0.836. The highest BCUT2D eigenvalue weighted by molar-refractivity contribution is 5.94. The van der Waals surface area contributed by atoms with Crippen molar-refractivity contribution < 1.29 is 4.79 Å². The van der Waals surface area contributed by atoms with Crippen LogP contribution in [0.5, 0.6) is 0 Å². The zero-order valence-electron chi connectivity index (χ0n) is 10.6. The minimum absolute atomic E-state index is 0.0700. The molecule has 0 aliphatic carbocycles. The maximum Gasteiger partial charge on any atom is 0.251 e. The van der Waals surface area contributed by atoms with Gasteiger partial charge in [0.1, 0.15) is 0 Å². The highest BCUT2D eigenvalue weighted by Crippen LogP contribution is 2.25. The van der Waals surface area contributed by atoms with Crippen LogP contribution in [0.3, 0.4) is 0 Å². The molecule has 2 atom stereocenters. The standard InChI is InChI=1S/C15H20N2O/c18-15(11-5-2-1-3-6-11)17-14-9-12-7-4-8-13(10-14)16-12/h1-3,5-6,12-14,16H,4,7-10H2,(H,17,18)/t12-,13-/m0/s1. The second kappa shape index (κ2) is 5.11. The molecule has 3 rings (SSSR count). The molecule has 1 aromatic carbocycles. The van der Waals surface area contributed by atoms with E-state index in [0.29, 0.717) is 18.1 Å². The van der Waals surface area contributed by atoms with Crippen LogP contribution >= 0.6 is 0 Å². The second-order valence-electron chi connectivity index (χ2n) is 5.50. The molecule has 0 radical (unpaired) electrons. The summed E-state index contributed by atoms with van der Waals surface area (Å²) in [6.45, 7) is 0. The summed E-state index contributed by atoms with van der Waals surface area (Å²) in [6.07, 6.45) is 6.01. The molecule has 2 bridgehead atoms. The second-order valence-corrected chi connectivity index (χ2v) is 5.50. The lowest BCUT2D eigenvalue weighted by Gasteiger charge is -2.40. The van der Waals surface area contributed by atoms with Gasteiger partial charge in [-0.3, -0.25) is 4.79 Å². The van der Waals surface area contributed by atoms with E-state index < -0.39 is 0 Å². The molecule has 2 saturated heterocycles. The number of fused-ring (bicyclic) bond motifs is 2. The average molecular weight is 244 g/mol.